The zero-order valence-electron chi connectivity index (χ0n) is 17.2. The lowest BCUT2D eigenvalue weighted by molar-refractivity contribution is 0.102. The molecule has 1 amide bonds. The fraction of sp³-hybridized carbons (Fsp3) is 0.154. The number of fused-ring (bicyclic) bond motifs is 1. The zero-order chi connectivity index (χ0) is 20.9. The number of aromatic nitrogens is 1. The molecule has 2 N–H and O–H groups in total. The summed E-state index contributed by atoms with van der Waals surface area (Å²) in [6, 6.07) is 27.7. The van der Waals surface area contributed by atoms with Crippen LogP contribution in [0, 0.1) is 0 Å². The number of nitrogens with one attached hydrogen (secondary N) is 2. The van der Waals surface area contributed by atoms with Gasteiger partial charge in [-0.25, -0.2) is 4.98 Å². The van der Waals surface area contributed by atoms with Crippen LogP contribution in [-0.2, 0) is 6.42 Å². The number of anilines is 2. The first kappa shape index (κ1) is 19.6. The first-order valence-electron chi connectivity index (χ1n) is 10.3. The predicted octanol–water partition coefficient (Wildman–Crippen LogP) is 6.22. The molecule has 30 heavy (non-hydrogen) atoms. The van der Waals surface area contributed by atoms with Crippen molar-refractivity contribution >= 4 is 28.3 Å². The Morgan fingerprint density at radius 1 is 0.933 bits per heavy atom. The standard InChI is InChI=1S/C26H25N3O/c1-3-19-11-7-9-15-23(19)29-26(30)22-17-25(28-24-16-10-8-14-21(22)24)27-18(2)20-12-5-4-6-13-20/h4-18H,3H2,1-2H3,(H,27,28)(H,29,30)/t18-/m0/s1. The second-order valence-electron chi connectivity index (χ2n) is 7.31. The van der Waals surface area contributed by atoms with Crippen molar-refractivity contribution < 1.29 is 4.79 Å². The maximum Gasteiger partial charge on any atom is 0.256 e. The third kappa shape index (κ3) is 4.18. The lowest BCUT2D eigenvalue weighted by Gasteiger charge is -2.17. The van der Waals surface area contributed by atoms with E-state index in [1.807, 2.05) is 72.8 Å². The average Bonchev–Trinajstić information content (AvgIpc) is 2.79. The van der Waals surface area contributed by atoms with Gasteiger partial charge in [-0.15, -0.1) is 0 Å². The van der Waals surface area contributed by atoms with Gasteiger partial charge in [0.15, 0.2) is 0 Å². The molecular weight excluding hydrogens is 370 g/mol. The molecule has 150 valence electrons. The quantitative estimate of drug-likeness (QED) is 0.407. The summed E-state index contributed by atoms with van der Waals surface area (Å²) in [7, 11) is 0. The van der Waals surface area contributed by atoms with Crippen molar-refractivity contribution in [3.8, 4) is 0 Å². The van der Waals surface area contributed by atoms with E-state index in [-0.39, 0.29) is 11.9 Å². The third-order valence-corrected chi connectivity index (χ3v) is 5.27. The SMILES string of the molecule is CCc1ccccc1NC(=O)c1cc(N[C@@H](C)c2ccccc2)nc2ccccc12. The summed E-state index contributed by atoms with van der Waals surface area (Å²) in [4.78, 5) is 18.0. The van der Waals surface area contributed by atoms with E-state index in [4.69, 9.17) is 4.98 Å². The van der Waals surface area contributed by atoms with E-state index in [9.17, 15) is 4.79 Å². The average molecular weight is 396 g/mol. The Morgan fingerprint density at radius 3 is 2.43 bits per heavy atom. The highest BCUT2D eigenvalue weighted by molar-refractivity contribution is 6.13. The van der Waals surface area contributed by atoms with Gasteiger partial charge >= 0.3 is 0 Å². The lowest BCUT2D eigenvalue weighted by atomic mass is 10.1. The van der Waals surface area contributed by atoms with Gasteiger partial charge in [-0.05, 0) is 42.7 Å². The van der Waals surface area contributed by atoms with Gasteiger partial charge in [-0.3, -0.25) is 4.79 Å². The third-order valence-electron chi connectivity index (χ3n) is 5.27. The van der Waals surface area contributed by atoms with Crippen molar-refractivity contribution in [1.82, 2.24) is 4.98 Å². The second-order valence-corrected chi connectivity index (χ2v) is 7.31. The molecule has 0 bridgehead atoms. The van der Waals surface area contributed by atoms with Crippen LogP contribution in [0.1, 0.15) is 41.4 Å². The fourth-order valence-corrected chi connectivity index (χ4v) is 3.62. The number of hydrogen-bond acceptors (Lipinski definition) is 3. The van der Waals surface area contributed by atoms with E-state index >= 15 is 0 Å². The molecule has 0 aliphatic rings. The summed E-state index contributed by atoms with van der Waals surface area (Å²) < 4.78 is 0. The summed E-state index contributed by atoms with van der Waals surface area (Å²) in [5, 5.41) is 7.36. The topological polar surface area (TPSA) is 54.0 Å². The minimum Gasteiger partial charge on any atom is -0.364 e. The van der Waals surface area contributed by atoms with Gasteiger partial charge in [-0.2, -0.15) is 0 Å². The largest absolute Gasteiger partial charge is 0.364 e. The van der Waals surface area contributed by atoms with Crippen molar-refractivity contribution in [2.24, 2.45) is 0 Å². The first-order chi connectivity index (χ1) is 14.7. The van der Waals surface area contributed by atoms with Crippen LogP contribution in [0.3, 0.4) is 0 Å². The predicted molar refractivity (Wildman–Crippen MR) is 124 cm³/mol. The molecule has 0 aliphatic carbocycles. The Balaban J connectivity index is 1.69. The molecule has 0 saturated carbocycles. The number of rotatable bonds is 6. The summed E-state index contributed by atoms with van der Waals surface area (Å²) in [5.41, 5.74) is 4.51. The van der Waals surface area contributed by atoms with Crippen LogP contribution < -0.4 is 10.6 Å². The molecule has 0 spiro atoms. The lowest BCUT2D eigenvalue weighted by Crippen LogP contribution is -2.15. The maximum absolute atomic E-state index is 13.2. The summed E-state index contributed by atoms with van der Waals surface area (Å²) in [6.07, 6.45) is 0.856. The van der Waals surface area contributed by atoms with Crippen molar-refractivity contribution in [2.75, 3.05) is 10.6 Å². The van der Waals surface area contributed by atoms with Gasteiger partial charge < -0.3 is 10.6 Å². The number of carbonyl (C=O) groups excluding carboxylic acids is 1. The molecule has 1 heterocycles. The molecule has 0 unspecified atom stereocenters. The molecule has 0 fully saturated rings. The molecule has 0 radical (unpaired) electrons. The van der Waals surface area contributed by atoms with Crippen LogP contribution in [-0.4, -0.2) is 10.9 Å². The van der Waals surface area contributed by atoms with Crippen molar-refractivity contribution in [2.45, 2.75) is 26.3 Å². The fourth-order valence-electron chi connectivity index (χ4n) is 3.62. The van der Waals surface area contributed by atoms with Crippen molar-refractivity contribution in [1.29, 1.82) is 0 Å². The number of amides is 1. The zero-order valence-corrected chi connectivity index (χ0v) is 17.2. The highest BCUT2D eigenvalue weighted by Gasteiger charge is 2.15. The molecule has 1 aromatic heterocycles. The molecule has 4 heteroatoms. The van der Waals surface area contributed by atoms with Gasteiger partial charge in [0.1, 0.15) is 5.82 Å². The molecule has 3 aromatic carbocycles. The highest BCUT2D eigenvalue weighted by Crippen LogP contribution is 2.25. The molecular formula is C26H25N3O. The smallest absolute Gasteiger partial charge is 0.256 e. The van der Waals surface area contributed by atoms with Crippen LogP contribution in [0.5, 0.6) is 0 Å². The van der Waals surface area contributed by atoms with E-state index < -0.39 is 0 Å². The maximum atomic E-state index is 13.2. The number of hydrogen-bond donors (Lipinski definition) is 2. The highest BCUT2D eigenvalue weighted by atomic mass is 16.1. The van der Waals surface area contributed by atoms with E-state index in [0.717, 1.165) is 34.1 Å². The Hall–Kier alpha value is -3.66. The number of aryl methyl sites for hydroxylation is 1. The van der Waals surface area contributed by atoms with Crippen molar-refractivity contribution in [3.63, 3.8) is 0 Å². The molecule has 0 aliphatic heterocycles. The van der Waals surface area contributed by atoms with Gasteiger partial charge in [0.25, 0.3) is 5.91 Å². The van der Waals surface area contributed by atoms with E-state index in [1.54, 1.807) is 0 Å². The number of pyridine rings is 1. The van der Waals surface area contributed by atoms with Crippen LogP contribution in [0.15, 0.2) is 84.9 Å². The monoisotopic (exact) mass is 395 g/mol. The van der Waals surface area contributed by atoms with Crippen molar-refractivity contribution in [3.05, 3.63) is 102 Å². The molecule has 4 nitrogen and oxygen atoms in total. The van der Waals surface area contributed by atoms with Crippen LogP contribution in [0.4, 0.5) is 11.5 Å². The van der Waals surface area contributed by atoms with Gasteiger partial charge in [0.05, 0.1) is 11.1 Å². The molecule has 4 aromatic rings. The van der Waals surface area contributed by atoms with Gasteiger partial charge in [-0.1, -0.05) is 73.7 Å². The number of para-hydroxylation sites is 2. The summed E-state index contributed by atoms with van der Waals surface area (Å²) in [5.74, 6) is 0.545. The minimum absolute atomic E-state index is 0.0663. The number of carbonyl (C=O) groups is 1. The van der Waals surface area contributed by atoms with E-state index in [0.29, 0.717) is 11.4 Å². The second kappa shape index (κ2) is 8.78. The van der Waals surface area contributed by atoms with Crippen LogP contribution in [0.25, 0.3) is 10.9 Å². The molecule has 4 rings (SSSR count). The molecule has 0 saturated heterocycles. The Morgan fingerprint density at radius 2 is 1.63 bits per heavy atom. The number of nitrogens with zero attached hydrogens (tertiary/aromatic N) is 1. The van der Waals surface area contributed by atoms with Crippen LogP contribution in [0.2, 0.25) is 0 Å². The summed E-state index contributed by atoms with van der Waals surface area (Å²) >= 11 is 0. The normalized spacial score (nSPS) is 11.8. The minimum atomic E-state index is -0.134. The van der Waals surface area contributed by atoms with Crippen LogP contribution >= 0.6 is 0 Å². The first-order valence-corrected chi connectivity index (χ1v) is 10.3. The Labute approximate surface area is 177 Å². The Kier molecular flexibility index (Phi) is 5.75. The molecule has 1 atom stereocenters. The van der Waals surface area contributed by atoms with Gasteiger partial charge in [0.2, 0.25) is 0 Å². The van der Waals surface area contributed by atoms with E-state index in [1.165, 1.54) is 0 Å². The van der Waals surface area contributed by atoms with Gasteiger partial charge in [0, 0.05) is 17.1 Å². The Bertz CT molecular complexity index is 1170. The summed E-state index contributed by atoms with van der Waals surface area (Å²) in [6.45, 7) is 4.17. The van der Waals surface area contributed by atoms with E-state index in [2.05, 4.69) is 36.6 Å². The number of benzene rings is 3.